The van der Waals surface area contributed by atoms with Crippen molar-refractivity contribution in [1.29, 1.82) is 0 Å². The molecule has 0 amide bonds. The molecule has 1 heterocycles. The quantitative estimate of drug-likeness (QED) is 0.865. The fraction of sp³-hybridized carbons (Fsp3) is 0.684. The van der Waals surface area contributed by atoms with Crippen molar-refractivity contribution in [2.45, 2.75) is 71.0 Å². The predicted molar refractivity (Wildman–Crippen MR) is 91.6 cm³/mol. The molecule has 1 aromatic rings. The van der Waals surface area contributed by atoms with Crippen LogP contribution in [0.3, 0.4) is 0 Å². The van der Waals surface area contributed by atoms with Gasteiger partial charge in [-0.2, -0.15) is 0 Å². The van der Waals surface area contributed by atoms with E-state index in [1.54, 1.807) is 0 Å². The Bertz CT molecular complexity index is 426. The van der Waals surface area contributed by atoms with Gasteiger partial charge in [0.1, 0.15) is 0 Å². The van der Waals surface area contributed by atoms with E-state index >= 15 is 0 Å². The van der Waals surface area contributed by atoms with Gasteiger partial charge >= 0.3 is 0 Å². The van der Waals surface area contributed by atoms with E-state index in [9.17, 15) is 0 Å². The molecule has 0 saturated carbocycles. The van der Waals surface area contributed by atoms with Crippen LogP contribution in [0.5, 0.6) is 0 Å². The third-order valence-corrected chi connectivity index (χ3v) is 5.48. The summed E-state index contributed by atoms with van der Waals surface area (Å²) < 4.78 is 0. The van der Waals surface area contributed by atoms with E-state index < -0.39 is 0 Å². The van der Waals surface area contributed by atoms with Gasteiger partial charge in [0, 0.05) is 30.2 Å². The first-order valence-electron chi connectivity index (χ1n) is 8.54. The molecular weight excluding hydrogens is 256 g/mol. The van der Waals surface area contributed by atoms with Crippen molar-refractivity contribution >= 4 is 0 Å². The summed E-state index contributed by atoms with van der Waals surface area (Å²) in [6.45, 7) is 13.9. The van der Waals surface area contributed by atoms with Crippen LogP contribution in [-0.2, 0) is 0 Å². The zero-order chi connectivity index (χ0) is 15.5. The van der Waals surface area contributed by atoms with Crippen LogP contribution in [0.2, 0.25) is 0 Å². The third-order valence-electron chi connectivity index (χ3n) is 5.48. The Morgan fingerprint density at radius 2 is 1.67 bits per heavy atom. The molecule has 1 fully saturated rings. The molecule has 0 aliphatic carbocycles. The highest BCUT2D eigenvalue weighted by Crippen LogP contribution is 2.38. The number of hydrogen-bond donors (Lipinski definition) is 1. The lowest BCUT2D eigenvalue weighted by Gasteiger charge is -2.54. The lowest BCUT2D eigenvalue weighted by Crippen LogP contribution is -2.64. The standard InChI is InChI=1S/C19H32N2/c1-6-19(7-2,8-3)21-15-18(4,5)20-14-17(21)16-12-10-9-11-13-16/h9-13,17,20H,6-8,14-15H2,1-5H3. The molecule has 1 atom stereocenters. The zero-order valence-corrected chi connectivity index (χ0v) is 14.4. The van der Waals surface area contributed by atoms with Crippen LogP contribution < -0.4 is 5.32 Å². The normalized spacial score (nSPS) is 23.2. The Balaban J connectivity index is 2.38. The lowest BCUT2D eigenvalue weighted by molar-refractivity contribution is -0.0187. The fourth-order valence-electron chi connectivity index (χ4n) is 3.91. The minimum atomic E-state index is 0.191. The molecule has 0 aromatic heterocycles. The second-order valence-corrected chi connectivity index (χ2v) is 7.10. The Hall–Kier alpha value is -0.860. The molecule has 1 N–H and O–H groups in total. The smallest absolute Gasteiger partial charge is 0.0479 e. The summed E-state index contributed by atoms with van der Waals surface area (Å²) in [7, 11) is 0. The van der Waals surface area contributed by atoms with Gasteiger partial charge in [0.15, 0.2) is 0 Å². The third kappa shape index (κ3) is 3.32. The SMILES string of the molecule is CCC(CC)(CC)N1CC(C)(C)NCC1c1ccccc1. The number of nitrogens with zero attached hydrogens (tertiary/aromatic N) is 1. The van der Waals surface area contributed by atoms with Crippen LogP contribution in [0.1, 0.15) is 65.5 Å². The van der Waals surface area contributed by atoms with Gasteiger partial charge in [-0.05, 0) is 38.7 Å². The largest absolute Gasteiger partial charge is 0.309 e. The summed E-state index contributed by atoms with van der Waals surface area (Å²) in [5.74, 6) is 0. The molecule has 1 saturated heterocycles. The molecule has 0 radical (unpaired) electrons. The zero-order valence-electron chi connectivity index (χ0n) is 14.4. The van der Waals surface area contributed by atoms with Gasteiger partial charge in [-0.25, -0.2) is 0 Å². The van der Waals surface area contributed by atoms with Crippen molar-refractivity contribution in [3.63, 3.8) is 0 Å². The molecule has 1 aliphatic rings. The van der Waals surface area contributed by atoms with Gasteiger partial charge in [-0.1, -0.05) is 51.1 Å². The van der Waals surface area contributed by atoms with Crippen LogP contribution in [0.25, 0.3) is 0 Å². The van der Waals surface area contributed by atoms with Gasteiger partial charge in [0.2, 0.25) is 0 Å². The molecule has 2 heteroatoms. The molecule has 21 heavy (non-hydrogen) atoms. The average molecular weight is 288 g/mol. The average Bonchev–Trinajstić information content (AvgIpc) is 2.50. The summed E-state index contributed by atoms with van der Waals surface area (Å²) in [6.07, 6.45) is 3.66. The van der Waals surface area contributed by atoms with Crippen LogP contribution in [0.4, 0.5) is 0 Å². The van der Waals surface area contributed by atoms with Crippen molar-refractivity contribution < 1.29 is 0 Å². The maximum Gasteiger partial charge on any atom is 0.0479 e. The van der Waals surface area contributed by atoms with Crippen LogP contribution >= 0.6 is 0 Å². The summed E-state index contributed by atoms with van der Waals surface area (Å²) >= 11 is 0. The van der Waals surface area contributed by atoms with Gasteiger partial charge in [-0.15, -0.1) is 0 Å². The van der Waals surface area contributed by atoms with Gasteiger partial charge in [0.05, 0.1) is 0 Å². The predicted octanol–water partition coefficient (Wildman–Crippen LogP) is 4.38. The molecule has 0 spiro atoms. The first-order chi connectivity index (χ1) is 9.98. The Labute approximate surface area is 130 Å². The number of hydrogen-bond acceptors (Lipinski definition) is 2. The summed E-state index contributed by atoms with van der Waals surface area (Å²) in [4.78, 5) is 2.79. The van der Waals surface area contributed by atoms with E-state index in [1.165, 1.54) is 24.8 Å². The number of piperazine rings is 1. The Morgan fingerprint density at radius 3 is 2.19 bits per heavy atom. The highest BCUT2D eigenvalue weighted by atomic mass is 15.3. The number of benzene rings is 1. The van der Waals surface area contributed by atoms with Gasteiger partial charge in [0.25, 0.3) is 0 Å². The topological polar surface area (TPSA) is 15.3 Å². The second-order valence-electron chi connectivity index (χ2n) is 7.10. The molecular formula is C19H32N2. The minimum absolute atomic E-state index is 0.191. The highest BCUT2D eigenvalue weighted by molar-refractivity contribution is 5.22. The molecule has 1 aromatic carbocycles. The number of rotatable bonds is 5. The molecule has 1 aliphatic heterocycles. The van der Waals surface area contributed by atoms with Crippen LogP contribution in [0.15, 0.2) is 30.3 Å². The lowest BCUT2D eigenvalue weighted by atomic mass is 9.82. The van der Waals surface area contributed by atoms with Crippen molar-refractivity contribution in [3.05, 3.63) is 35.9 Å². The molecule has 118 valence electrons. The van der Waals surface area contributed by atoms with Crippen molar-refractivity contribution in [2.75, 3.05) is 13.1 Å². The molecule has 2 nitrogen and oxygen atoms in total. The van der Waals surface area contributed by atoms with Crippen molar-refractivity contribution in [1.82, 2.24) is 10.2 Å². The fourth-order valence-corrected chi connectivity index (χ4v) is 3.91. The van der Waals surface area contributed by atoms with E-state index in [4.69, 9.17) is 0 Å². The first kappa shape index (κ1) is 16.5. The first-order valence-corrected chi connectivity index (χ1v) is 8.54. The van der Waals surface area contributed by atoms with E-state index in [0.29, 0.717) is 11.6 Å². The monoisotopic (exact) mass is 288 g/mol. The van der Waals surface area contributed by atoms with E-state index in [0.717, 1.165) is 13.1 Å². The van der Waals surface area contributed by atoms with E-state index in [-0.39, 0.29) is 5.54 Å². The molecule has 2 rings (SSSR count). The maximum absolute atomic E-state index is 3.74. The number of nitrogens with one attached hydrogen (secondary N) is 1. The van der Waals surface area contributed by atoms with Crippen molar-refractivity contribution in [2.24, 2.45) is 0 Å². The van der Waals surface area contributed by atoms with E-state index in [2.05, 4.69) is 75.2 Å². The maximum atomic E-state index is 3.74. The van der Waals surface area contributed by atoms with Crippen molar-refractivity contribution in [3.8, 4) is 0 Å². The highest BCUT2D eigenvalue weighted by Gasteiger charge is 2.42. The Kier molecular flexibility index (Phi) is 5.11. The van der Waals surface area contributed by atoms with Gasteiger partial charge < -0.3 is 5.32 Å². The van der Waals surface area contributed by atoms with Crippen LogP contribution in [0, 0.1) is 0 Å². The molecule has 1 unspecified atom stereocenters. The second kappa shape index (κ2) is 6.50. The summed E-state index contributed by atoms with van der Waals surface area (Å²) in [5, 5.41) is 3.74. The van der Waals surface area contributed by atoms with Crippen LogP contribution in [-0.4, -0.2) is 29.1 Å². The molecule has 0 bridgehead atoms. The Morgan fingerprint density at radius 1 is 1.10 bits per heavy atom. The summed E-state index contributed by atoms with van der Waals surface area (Å²) in [5.41, 5.74) is 1.95. The van der Waals surface area contributed by atoms with Gasteiger partial charge in [-0.3, -0.25) is 4.90 Å². The summed E-state index contributed by atoms with van der Waals surface area (Å²) in [6, 6.07) is 11.5. The minimum Gasteiger partial charge on any atom is -0.309 e. The van der Waals surface area contributed by atoms with E-state index in [1.807, 2.05) is 0 Å².